The zero-order chi connectivity index (χ0) is 32.6. The molecule has 45 heavy (non-hydrogen) atoms. The molecule has 4 aromatic rings. The van der Waals surface area contributed by atoms with Gasteiger partial charge < -0.3 is 10.2 Å². The molecule has 0 bridgehead atoms. The van der Waals surface area contributed by atoms with E-state index in [1.54, 1.807) is 60.7 Å². The first-order valence-corrected chi connectivity index (χ1v) is 17.7. The van der Waals surface area contributed by atoms with Gasteiger partial charge >= 0.3 is 0 Å². The molecule has 0 unspecified atom stereocenters. The fraction of sp³-hybridized carbons (Fsp3) is 0.235. The number of benzene rings is 4. The van der Waals surface area contributed by atoms with Crippen molar-refractivity contribution >= 4 is 73.3 Å². The van der Waals surface area contributed by atoms with E-state index >= 15 is 0 Å². The quantitative estimate of drug-likeness (QED) is 0.144. The molecule has 0 spiro atoms. The third kappa shape index (κ3) is 9.22. The minimum atomic E-state index is -4.17. The largest absolute Gasteiger partial charge is 0.352 e. The van der Waals surface area contributed by atoms with E-state index in [1.807, 2.05) is 44.2 Å². The van der Waals surface area contributed by atoms with E-state index in [1.165, 1.54) is 17.0 Å². The molecular weight excluding hydrogens is 744 g/mol. The molecule has 0 fully saturated rings. The van der Waals surface area contributed by atoms with Gasteiger partial charge in [-0.05, 0) is 95.6 Å². The maximum atomic E-state index is 14.5. The lowest BCUT2D eigenvalue weighted by atomic mass is 10.0. The number of nitrogens with one attached hydrogen (secondary N) is 1. The molecule has 0 radical (unpaired) electrons. The topological polar surface area (TPSA) is 86.8 Å². The first-order chi connectivity index (χ1) is 21.5. The highest BCUT2D eigenvalue weighted by Crippen LogP contribution is 2.27. The van der Waals surface area contributed by atoms with Crippen molar-refractivity contribution in [1.29, 1.82) is 0 Å². The van der Waals surface area contributed by atoms with Crippen LogP contribution < -0.4 is 9.62 Å². The Balaban J connectivity index is 1.82. The summed E-state index contributed by atoms with van der Waals surface area (Å²) in [7, 11) is -4.17. The van der Waals surface area contributed by atoms with E-state index in [4.69, 9.17) is 23.2 Å². The summed E-state index contributed by atoms with van der Waals surface area (Å²) in [6.07, 6.45) is 0.895. The second kappa shape index (κ2) is 15.9. The van der Waals surface area contributed by atoms with Crippen LogP contribution in [0.15, 0.2) is 108 Å². The summed E-state index contributed by atoms with van der Waals surface area (Å²) >= 11 is 14.9. The van der Waals surface area contributed by atoms with E-state index in [0.29, 0.717) is 27.7 Å². The average molecular weight is 779 g/mol. The smallest absolute Gasteiger partial charge is 0.264 e. The summed E-state index contributed by atoms with van der Waals surface area (Å²) in [6.45, 7) is 3.25. The number of sulfonamides is 1. The molecule has 11 heteroatoms. The van der Waals surface area contributed by atoms with Gasteiger partial charge in [0.15, 0.2) is 0 Å². The Morgan fingerprint density at radius 3 is 2.11 bits per heavy atom. The maximum Gasteiger partial charge on any atom is 0.264 e. The van der Waals surface area contributed by atoms with Crippen LogP contribution >= 0.6 is 45.8 Å². The summed E-state index contributed by atoms with van der Waals surface area (Å²) in [5.41, 5.74) is 1.73. The normalized spacial score (nSPS) is 12.6. The van der Waals surface area contributed by atoms with Crippen LogP contribution in [0.25, 0.3) is 0 Å². The van der Waals surface area contributed by atoms with Crippen molar-refractivity contribution < 1.29 is 18.0 Å². The molecular formula is C34H34Cl2IN3O4S. The predicted molar refractivity (Wildman–Crippen MR) is 189 cm³/mol. The first-order valence-electron chi connectivity index (χ1n) is 14.4. The summed E-state index contributed by atoms with van der Waals surface area (Å²) in [6, 6.07) is 28.0. The van der Waals surface area contributed by atoms with Crippen molar-refractivity contribution in [2.75, 3.05) is 10.8 Å². The Hall–Kier alpha value is -3.12. The van der Waals surface area contributed by atoms with Gasteiger partial charge in [-0.25, -0.2) is 8.42 Å². The molecule has 4 aromatic carbocycles. The lowest BCUT2D eigenvalue weighted by molar-refractivity contribution is -0.140. The molecule has 0 aliphatic carbocycles. The first kappa shape index (κ1) is 34.7. The SMILES string of the molecule is CC[C@@H](C)NC(=O)[C@H](Cc1ccccc1)N(Cc1ccc(Cl)cc1Cl)C(=O)CN(c1ccc(I)cc1)S(=O)(=O)c1ccccc1. The minimum Gasteiger partial charge on any atom is -0.352 e. The van der Waals surface area contributed by atoms with Gasteiger partial charge in [0.1, 0.15) is 12.6 Å². The number of hydrogen-bond donors (Lipinski definition) is 1. The summed E-state index contributed by atoms with van der Waals surface area (Å²) < 4.78 is 30.1. The predicted octanol–water partition coefficient (Wildman–Crippen LogP) is 7.35. The van der Waals surface area contributed by atoms with Gasteiger partial charge in [0.2, 0.25) is 11.8 Å². The number of carbonyl (C=O) groups excluding carboxylic acids is 2. The summed E-state index contributed by atoms with van der Waals surface area (Å²) in [5.74, 6) is -0.919. The van der Waals surface area contributed by atoms with Crippen LogP contribution in [-0.4, -0.2) is 43.8 Å². The van der Waals surface area contributed by atoms with Crippen molar-refractivity contribution in [2.24, 2.45) is 0 Å². The highest BCUT2D eigenvalue weighted by Gasteiger charge is 2.35. The average Bonchev–Trinajstić information content (AvgIpc) is 3.03. The number of amides is 2. The number of anilines is 1. The van der Waals surface area contributed by atoms with E-state index < -0.39 is 28.5 Å². The second-order valence-electron chi connectivity index (χ2n) is 10.6. The molecule has 0 saturated carbocycles. The van der Waals surface area contributed by atoms with Crippen molar-refractivity contribution in [3.05, 3.63) is 128 Å². The van der Waals surface area contributed by atoms with Crippen LogP contribution in [0, 0.1) is 3.57 Å². The highest BCUT2D eigenvalue weighted by atomic mass is 127. The van der Waals surface area contributed by atoms with Crippen molar-refractivity contribution in [3.63, 3.8) is 0 Å². The monoisotopic (exact) mass is 777 g/mol. The van der Waals surface area contributed by atoms with Crippen molar-refractivity contribution in [1.82, 2.24) is 10.2 Å². The number of halogens is 3. The lowest BCUT2D eigenvalue weighted by Crippen LogP contribution is -2.54. The molecule has 1 N–H and O–H groups in total. The third-order valence-electron chi connectivity index (χ3n) is 7.35. The zero-order valence-electron chi connectivity index (χ0n) is 24.9. The molecule has 0 aliphatic heterocycles. The van der Waals surface area contributed by atoms with Gasteiger partial charge in [0.25, 0.3) is 10.0 Å². The van der Waals surface area contributed by atoms with E-state index in [9.17, 15) is 18.0 Å². The highest BCUT2D eigenvalue weighted by molar-refractivity contribution is 14.1. The standard InChI is InChI=1S/C34H34Cl2IN3O4S/c1-3-24(2)38-34(42)32(20-25-10-6-4-7-11-25)39(22-26-14-15-27(35)21-31(26)36)33(41)23-40(29-18-16-28(37)17-19-29)45(43,44)30-12-8-5-9-13-30/h4-19,21,24,32H,3,20,22-23H2,1-2H3,(H,38,42)/t24-,32+/m1/s1. The van der Waals surface area contributed by atoms with Crippen LogP contribution in [0.4, 0.5) is 5.69 Å². The van der Waals surface area contributed by atoms with Gasteiger partial charge in [-0.15, -0.1) is 0 Å². The minimum absolute atomic E-state index is 0.0407. The van der Waals surface area contributed by atoms with Gasteiger partial charge in [0.05, 0.1) is 10.6 Å². The molecule has 0 aromatic heterocycles. The fourth-order valence-corrected chi connectivity index (χ4v) is 6.95. The maximum absolute atomic E-state index is 14.5. The van der Waals surface area contributed by atoms with Gasteiger partial charge in [0, 0.05) is 32.6 Å². The van der Waals surface area contributed by atoms with Crippen LogP contribution in [-0.2, 0) is 32.6 Å². The van der Waals surface area contributed by atoms with Gasteiger partial charge in [-0.1, -0.05) is 84.7 Å². The molecule has 0 heterocycles. The zero-order valence-corrected chi connectivity index (χ0v) is 29.4. The van der Waals surface area contributed by atoms with Crippen molar-refractivity contribution in [3.8, 4) is 0 Å². The number of carbonyl (C=O) groups is 2. The lowest BCUT2D eigenvalue weighted by Gasteiger charge is -2.34. The molecule has 0 saturated heterocycles. The van der Waals surface area contributed by atoms with Crippen LogP contribution in [0.5, 0.6) is 0 Å². The Kier molecular flexibility index (Phi) is 12.3. The van der Waals surface area contributed by atoms with Crippen LogP contribution in [0.2, 0.25) is 10.0 Å². The Labute approximate surface area is 288 Å². The number of nitrogens with zero attached hydrogens (tertiary/aromatic N) is 2. The van der Waals surface area contributed by atoms with E-state index in [2.05, 4.69) is 27.9 Å². The molecule has 236 valence electrons. The summed E-state index contributed by atoms with van der Waals surface area (Å²) in [4.78, 5) is 29.9. The van der Waals surface area contributed by atoms with Crippen molar-refractivity contribution in [2.45, 2.75) is 50.2 Å². The van der Waals surface area contributed by atoms with Crippen LogP contribution in [0.3, 0.4) is 0 Å². The van der Waals surface area contributed by atoms with E-state index in [0.717, 1.165) is 13.4 Å². The van der Waals surface area contributed by atoms with Crippen LogP contribution in [0.1, 0.15) is 31.4 Å². The molecule has 4 rings (SSSR count). The summed E-state index contributed by atoms with van der Waals surface area (Å²) in [5, 5.41) is 3.78. The number of hydrogen-bond acceptors (Lipinski definition) is 4. The Bertz CT molecular complexity index is 1710. The molecule has 2 atom stereocenters. The fourth-order valence-electron chi connectivity index (χ4n) is 4.68. The van der Waals surface area contributed by atoms with E-state index in [-0.39, 0.29) is 29.8 Å². The Morgan fingerprint density at radius 2 is 1.51 bits per heavy atom. The molecule has 0 aliphatic rings. The number of rotatable bonds is 13. The van der Waals surface area contributed by atoms with Gasteiger partial charge in [-0.2, -0.15) is 0 Å². The Morgan fingerprint density at radius 1 is 0.889 bits per heavy atom. The molecule has 2 amide bonds. The van der Waals surface area contributed by atoms with Gasteiger partial charge in [-0.3, -0.25) is 13.9 Å². The molecule has 7 nitrogen and oxygen atoms in total. The third-order valence-corrected chi connectivity index (χ3v) is 10.4. The second-order valence-corrected chi connectivity index (χ2v) is 14.5.